The zero-order valence-electron chi connectivity index (χ0n) is 10.5. The summed E-state index contributed by atoms with van der Waals surface area (Å²) in [5, 5.41) is 22.2. The fraction of sp³-hybridized carbons (Fsp3) is 0.833. The van der Waals surface area contributed by atoms with Crippen LogP contribution in [0.4, 0.5) is 4.79 Å². The Morgan fingerprint density at radius 3 is 2.44 bits per heavy atom. The van der Waals surface area contributed by atoms with Crippen LogP contribution in [-0.4, -0.2) is 41.4 Å². The second-order valence-corrected chi connectivity index (χ2v) is 4.77. The minimum atomic E-state index is -1.24. The summed E-state index contributed by atoms with van der Waals surface area (Å²) in [6.07, 6.45) is 7.21. The predicted octanol–water partition coefficient (Wildman–Crippen LogP) is 0.701. The van der Waals surface area contributed by atoms with Crippen molar-refractivity contribution in [3.63, 3.8) is 0 Å². The molecule has 6 heteroatoms. The Balaban J connectivity index is 2.14. The summed E-state index contributed by atoms with van der Waals surface area (Å²) < 4.78 is 0. The van der Waals surface area contributed by atoms with E-state index in [0.29, 0.717) is 12.5 Å². The van der Waals surface area contributed by atoms with E-state index in [2.05, 4.69) is 10.6 Å². The number of rotatable bonds is 6. The van der Waals surface area contributed by atoms with Crippen LogP contribution >= 0.6 is 0 Å². The van der Waals surface area contributed by atoms with Crippen molar-refractivity contribution in [1.29, 1.82) is 0 Å². The first-order chi connectivity index (χ1) is 8.63. The third-order valence-corrected chi connectivity index (χ3v) is 3.35. The number of urea groups is 1. The van der Waals surface area contributed by atoms with Gasteiger partial charge in [-0.3, -0.25) is 0 Å². The molecule has 6 nitrogen and oxygen atoms in total. The van der Waals surface area contributed by atoms with E-state index in [-0.39, 0.29) is 0 Å². The number of carboxylic acids is 1. The molecule has 4 N–H and O–H groups in total. The Kier molecular flexibility index (Phi) is 6.49. The summed E-state index contributed by atoms with van der Waals surface area (Å²) in [6.45, 7) is -0.0559. The van der Waals surface area contributed by atoms with Gasteiger partial charge in [-0.05, 0) is 12.3 Å². The Hall–Kier alpha value is -1.30. The van der Waals surface area contributed by atoms with Crippen LogP contribution in [0.25, 0.3) is 0 Å². The van der Waals surface area contributed by atoms with E-state index in [9.17, 15) is 9.59 Å². The van der Waals surface area contributed by atoms with Gasteiger partial charge in [0.05, 0.1) is 6.61 Å². The molecular formula is C12H22N2O4. The van der Waals surface area contributed by atoms with Gasteiger partial charge in [0.1, 0.15) is 0 Å². The van der Waals surface area contributed by atoms with Crippen LogP contribution in [0.15, 0.2) is 0 Å². The topological polar surface area (TPSA) is 98.7 Å². The molecule has 1 aliphatic carbocycles. The fourth-order valence-corrected chi connectivity index (χ4v) is 2.26. The molecule has 1 aliphatic rings. The van der Waals surface area contributed by atoms with Gasteiger partial charge in [-0.25, -0.2) is 9.59 Å². The van der Waals surface area contributed by atoms with Crippen molar-refractivity contribution in [2.24, 2.45) is 5.92 Å². The lowest BCUT2D eigenvalue weighted by Gasteiger charge is -2.21. The van der Waals surface area contributed by atoms with Crippen LogP contribution in [0, 0.1) is 5.92 Å². The van der Waals surface area contributed by atoms with E-state index < -0.39 is 24.6 Å². The van der Waals surface area contributed by atoms with E-state index >= 15 is 0 Å². The van der Waals surface area contributed by atoms with Gasteiger partial charge < -0.3 is 20.8 Å². The molecule has 2 amide bonds. The zero-order valence-corrected chi connectivity index (χ0v) is 10.5. The second-order valence-electron chi connectivity index (χ2n) is 4.77. The number of hydrogen-bond donors (Lipinski definition) is 4. The lowest BCUT2D eigenvalue weighted by atomic mass is 9.87. The molecule has 0 aromatic rings. The number of carbonyl (C=O) groups excluding carboxylic acids is 1. The monoisotopic (exact) mass is 258 g/mol. The summed E-state index contributed by atoms with van der Waals surface area (Å²) in [5.74, 6) is -0.563. The van der Waals surface area contributed by atoms with E-state index in [1.807, 2.05) is 0 Å². The maximum atomic E-state index is 11.4. The van der Waals surface area contributed by atoms with Gasteiger partial charge in [-0.2, -0.15) is 0 Å². The highest BCUT2D eigenvalue weighted by molar-refractivity contribution is 5.82. The fourth-order valence-electron chi connectivity index (χ4n) is 2.26. The first-order valence-corrected chi connectivity index (χ1v) is 6.51. The van der Waals surface area contributed by atoms with Crippen molar-refractivity contribution in [3.05, 3.63) is 0 Å². The van der Waals surface area contributed by atoms with Gasteiger partial charge in [0, 0.05) is 6.54 Å². The average molecular weight is 258 g/mol. The van der Waals surface area contributed by atoms with Crippen molar-refractivity contribution in [3.8, 4) is 0 Å². The smallest absolute Gasteiger partial charge is 0.328 e. The van der Waals surface area contributed by atoms with E-state index in [1.54, 1.807) is 0 Å². The maximum absolute atomic E-state index is 11.4. The third kappa shape index (κ3) is 5.35. The third-order valence-electron chi connectivity index (χ3n) is 3.35. The maximum Gasteiger partial charge on any atom is 0.328 e. The molecule has 0 radical (unpaired) electrons. The predicted molar refractivity (Wildman–Crippen MR) is 66.2 cm³/mol. The molecule has 0 saturated heterocycles. The van der Waals surface area contributed by atoms with Gasteiger partial charge in [0.15, 0.2) is 6.04 Å². The summed E-state index contributed by atoms with van der Waals surface area (Å²) in [5.41, 5.74) is 0. The Morgan fingerprint density at radius 2 is 1.89 bits per heavy atom. The van der Waals surface area contributed by atoms with Crippen molar-refractivity contribution < 1.29 is 19.8 Å². The van der Waals surface area contributed by atoms with Gasteiger partial charge in [0.25, 0.3) is 0 Å². The highest BCUT2D eigenvalue weighted by atomic mass is 16.4. The first kappa shape index (κ1) is 14.8. The molecule has 0 aliphatic heterocycles. The molecule has 0 heterocycles. The largest absolute Gasteiger partial charge is 0.480 e. The van der Waals surface area contributed by atoms with E-state index in [0.717, 1.165) is 6.42 Å². The lowest BCUT2D eigenvalue weighted by Crippen LogP contribution is -2.48. The number of hydrogen-bond acceptors (Lipinski definition) is 3. The number of carboxylic acid groups (broad SMARTS) is 1. The SMILES string of the molecule is O=C(NCCC1CCCCC1)NC(CO)C(=O)O. The summed E-state index contributed by atoms with van der Waals surface area (Å²) in [7, 11) is 0. The van der Waals surface area contributed by atoms with Gasteiger partial charge in [-0.15, -0.1) is 0 Å². The van der Waals surface area contributed by atoms with Gasteiger partial charge in [-0.1, -0.05) is 32.1 Å². The molecule has 0 spiro atoms. The molecule has 1 rings (SSSR count). The molecule has 1 fully saturated rings. The Bertz CT molecular complexity index is 277. The standard InChI is InChI=1S/C12H22N2O4/c15-8-10(11(16)17)14-12(18)13-7-6-9-4-2-1-3-5-9/h9-10,15H,1-8H2,(H,16,17)(H2,13,14,18). The molecular weight excluding hydrogens is 236 g/mol. The average Bonchev–Trinajstić information content (AvgIpc) is 2.37. The highest BCUT2D eigenvalue weighted by Crippen LogP contribution is 2.25. The molecule has 0 bridgehead atoms. The van der Waals surface area contributed by atoms with Crippen molar-refractivity contribution in [2.45, 2.75) is 44.6 Å². The molecule has 0 aromatic carbocycles. The summed E-state index contributed by atoms with van der Waals surface area (Å²) >= 11 is 0. The van der Waals surface area contributed by atoms with Crippen LogP contribution in [0.2, 0.25) is 0 Å². The normalized spacial score (nSPS) is 18.1. The van der Waals surface area contributed by atoms with Crippen LogP contribution in [0.5, 0.6) is 0 Å². The molecule has 1 unspecified atom stereocenters. The quantitative estimate of drug-likeness (QED) is 0.563. The van der Waals surface area contributed by atoms with E-state index in [4.69, 9.17) is 10.2 Å². The minimum absolute atomic E-state index is 0.535. The molecule has 1 atom stereocenters. The second kappa shape index (κ2) is 7.92. The Labute approximate surface area is 107 Å². The zero-order chi connectivity index (χ0) is 13.4. The number of aliphatic hydroxyl groups is 1. The highest BCUT2D eigenvalue weighted by Gasteiger charge is 2.18. The number of aliphatic hydroxyl groups excluding tert-OH is 1. The van der Waals surface area contributed by atoms with Crippen LogP contribution in [0.1, 0.15) is 38.5 Å². The molecule has 18 heavy (non-hydrogen) atoms. The summed E-state index contributed by atoms with van der Waals surface area (Å²) in [4.78, 5) is 21.9. The van der Waals surface area contributed by atoms with Crippen LogP contribution in [-0.2, 0) is 4.79 Å². The number of nitrogens with one attached hydrogen (secondary N) is 2. The first-order valence-electron chi connectivity index (χ1n) is 6.51. The number of amides is 2. The number of aliphatic carboxylic acids is 1. The summed E-state index contributed by atoms with van der Waals surface area (Å²) in [6, 6.07) is -1.77. The van der Waals surface area contributed by atoms with Crippen molar-refractivity contribution in [2.75, 3.05) is 13.2 Å². The Morgan fingerprint density at radius 1 is 1.22 bits per heavy atom. The molecule has 0 aromatic heterocycles. The van der Waals surface area contributed by atoms with Gasteiger partial charge in [0.2, 0.25) is 0 Å². The van der Waals surface area contributed by atoms with Crippen LogP contribution in [0.3, 0.4) is 0 Å². The number of carbonyl (C=O) groups is 2. The van der Waals surface area contributed by atoms with Crippen molar-refractivity contribution in [1.82, 2.24) is 10.6 Å². The molecule has 104 valence electrons. The molecule has 1 saturated carbocycles. The van der Waals surface area contributed by atoms with Crippen LogP contribution < -0.4 is 10.6 Å². The van der Waals surface area contributed by atoms with Crippen molar-refractivity contribution >= 4 is 12.0 Å². The van der Waals surface area contributed by atoms with E-state index in [1.165, 1.54) is 32.1 Å². The minimum Gasteiger partial charge on any atom is -0.480 e. The van der Waals surface area contributed by atoms with Gasteiger partial charge >= 0.3 is 12.0 Å². The lowest BCUT2D eigenvalue weighted by molar-refractivity contribution is -0.140.